The van der Waals surface area contributed by atoms with Crippen molar-refractivity contribution in [3.63, 3.8) is 0 Å². The molecule has 0 bridgehead atoms. The van der Waals surface area contributed by atoms with Gasteiger partial charge >= 0.3 is 0 Å². The topological polar surface area (TPSA) is 99.5 Å². The van der Waals surface area contributed by atoms with Gasteiger partial charge in [0.05, 0.1) is 11.0 Å². The number of hydrogen-bond acceptors (Lipinski definition) is 7. The molecule has 2 amide bonds. The maximum Gasteiger partial charge on any atom is 0.238 e. The van der Waals surface area contributed by atoms with Crippen LogP contribution in [0.1, 0.15) is 12.7 Å². The van der Waals surface area contributed by atoms with Crippen molar-refractivity contribution in [3.8, 4) is 0 Å². The molecule has 8 nitrogen and oxygen atoms in total. The summed E-state index contributed by atoms with van der Waals surface area (Å²) in [5, 5.41) is 12.2. The molecule has 1 fully saturated rings. The van der Waals surface area contributed by atoms with E-state index < -0.39 is 0 Å². The maximum atomic E-state index is 12.0. The summed E-state index contributed by atoms with van der Waals surface area (Å²) in [5.41, 5.74) is 0. The Labute approximate surface area is 158 Å². The molecule has 1 aliphatic rings. The number of carbonyl (C=O) groups is 2. The molecule has 1 aromatic heterocycles. The second-order valence-electron chi connectivity index (χ2n) is 5.71. The van der Waals surface area contributed by atoms with Crippen LogP contribution < -0.4 is 16.0 Å². The van der Waals surface area contributed by atoms with Crippen LogP contribution in [0.2, 0.25) is 0 Å². The first-order chi connectivity index (χ1) is 11.5. The molecule has 1 aromatic rings. The predicted octanol–water partition coefficient (Wildman–Crippen LogP) is 0.486. The minimum Gasteiger partial charge on any atom is -0.360 e. The van der Waals surface area contributed by atoms with E-state index in [4.69, 9.17) is 4.52 Å². The third kappa shape index (κ3) is 8.08. The highest BCUT2D eigenvalue weighted by molar-refractivity contribution is 8.01. The number of piperazine rings is 1. The van der Waals surface area contributed by atoms with Gasteiger partial charge in [-0.2, -0.15) is 0 Å². The van der Waals surface area contributed by atoms with Crippen LogP contribution in [0, 0.1) is 6.92 Å². The fraction of sp³-hybridized carbons (Fsp3) is 0.667. The van der Waals surface area contributed by atoms with E-state index in [2.05, 4.69) is 26.0 Å². The van der Waals surface area contributed by atoms with Gasteiger partial charge in [-0.3, -0.25) is 14.5 Å². The SMILES string of the molecule is Cc1cc(NC(=O)C(C)SCC(=O)NCCN2CCNCC2)no1.Cl. The first-order valence-corrected chi connectivity index (χ1v) is 9.15. The number of halogens is 1. The van der Waals surface area contributed by atoms with E-state index in [0.29, 0.717) is 18.1 Å². The summed E-state index contributed by atoms with van der Waals surface area (Å²) < 4.78 is 4.89. The summed E-state index contributed by atoms with van der Waals surface area (Å²) in [6, 6.07) is 1.65. The van der Waals surface area contributed by atoms with Crippen molar-refractivity contribution in [2.45, 2.75) is 19.1 Å². The zero-order valence-corrected chi connectivity index (χ0v) is 16.2. The Morgan fingerprint density at radius 3 is 2.80 bits per heavy atom. The van der Waals surface area contributed by atoms with E-state index in [-0.39, 0.29) is 35.2 Å². The number of nitrogens with zero attached hydrogens (tertiary/aromatic N) is 2. The molecule has 10 heteroatoms. The second-order valence-corrected chi connectivity index (χ2v) is 7.04. The molecular formula is C15H26ClN5O3S. The van der Waals surface area contributed by atoms with Crippen molar-refractivity contribution in [3.05, 3.63) is 11.8 Å². The Balaban J connectivity index is 0.00000312. The van der Waals surface area contributed by atoms with Gasteiger partial charge in [0.25, 0.3) is 0 Å². The van der Waals surface area contributed by atoms with Crippen molar-refractivity contribution >= 4 is 41.8 Å². The molecule has 3 N–H and O–H groups in total. The number of amides is 2. The highest BCUT2D eigenvalue weighted by atomic mass is 35.5. The second kappa shape index (κ2) is 11.3. The number of aryl methyl sites for hydroxylation is 1. The van der Waals surface area contributed by atoms with E-state index in [1.165, 1.54) is 11.8 Å². The predicted molar refractivity (Wildman–Crippen MR) is 101 cm³/mol. The Morgan fingerprint density at radius 1 is 1.44 bits per heavy atom. The molecule has 2 rings (SSSR count). The van der Waals surface area contributed by atoms with Gasteiger partial charge in [0.1, 0.15) is 5.76 Å². The van der Waals surface area contributed by atoms with Gasteiger partial charge in [-0.15, -0.1) is 24.2 Å². The number of carbonyl (C=O) groups excluding carboxylic acids is 2. The first-order valence-electron chi connectivity index (χ1n) is 8.10. The summed E-state index contributed by atoms with van der Waals surface area (Å²) in [6.07, 6.45) is 0. The van der Waals surface area contributed by atoms with Crippen molar-refractivity contribution in [1.29, 1.82) is 0 Å². The number of aromatic nitrogens is 1. The Bertz CT molecular complexity index is 551. The zero-order valence-electron chi connectivity index (χ0n) is 14.5. The molecule has 0 saturated carbocycles. The average Bonchev–Trinajstić information content (AvgIpc) is 2.98. The average molecular weight is 392 g/mol. The van der Waals surface area contributed by atoms with E-state index >= 15 is 0 Å². The van der Waals surface area contributed by atoms with Crippen molar-refractivity contribution in [2.24, 2.45) is 0 Å². The molecule has 0 spiro atoms. The van der Waals surface area contributed by atoms with Crippen molar-refractivity contribution < 1.29 is 14.1 Å². The summed E-state index contributed by atoms with van der Waals surface area (Å²) in [7, 11) is 0. The molecule has 1 unspecified atom stereocenters. The van der Waals surface area contributed by atoms with Gasteiger partial charge in [0.2, 0.25) is 11.8 Å². The van der Waals surface area contributed by atoms with Crippen LogP contribution >= 0.6 is 24.2 Å². The van der Waals surface area contributed by atoms with Crippen LogP contribution in [0.15, 0.2) is 10.6 Å². The van der Waals surface area contributed by atoms with Crippen molar-refractivity contribution in [1.82, 2.24) is 20.7 Å². The molecule has 0 aromatic carbocycles. The van der Waals surface area contributed by atoms with Crippen LogP contribution in [0.25, 0.3) is 0 Å². The molecule has 1 aliphatic heterocycles. The number of hydrogen-bond donors (Lipinski definition) is 3. The summed E-state index contributed by atoms with van der Waals surface area (Å²) >= 11 is 1.30. The molecular weight excluding hydrogens is 366 g/mol. The number of nitrogens with one attached hydrogen (secondary N) is 3. The molecule has 1 saturated heterocycles. The highest BCUT2D eigenvalue weighted by Gasteiger charge is 2.17. The molecule has 1 atom stereocenters. The fourth-order valence-corrected chi connectivity index (χ4v) is 2.98. The van der Waals surface area contributed by atoms with Gasteiger partial charge in [0.15, 0.2) is 5.82 Å². The zero-order chi connectivity index (χ0) is 17.4. The van der Waals surface area contributed by atoms with Crippen LogP contribution in [0.3, 0.4) is 0 Å². The maximum absolute atomic E-state index is 12.0. The van der Waals surface area contributed by atoms with Gasteiger partial charge in [-0.25, -0.2) is 0 Å². The molecule has 0 radical (unpaired) electrons. The number of thioether (sulfide) groups is 1. The largest absolute Gasteiger partial charge is 0.360 e. The van der Waals surface area contributed by atoms with Crippen LogP contribution in [0.5, 0.6) is 0 Å². The number of anilines is 1. The van der Waals surface area contributed by atoms with Gasteiger partial charge in [-0.05, 0) is 13.8 Å². The van der Waals surface area contributed by atoms with Crippen molar-refractivity contribution in [2.75, 3.05) is 50.3 Å². The third-order valence-corrected chi connectivity index (χ3v) is 4.82. The first kappa shape index (κ1) is 21.8. The van der Waals surface area contributed by atoms with E-state index in [0.717, 1.165) is 32.7 Å². The molecule has 25 heavy (non-hydrogen) atoms. The molecule has 142 valence electrons. The fourth-order valence-electron chi connectivity index (χ4n) is 2.27. The monoisotopic (exact) mass is 391 g/mol. The summed E-state index contributed by atoms with van der Waals surface area (Å²) in [5.74, 6) is 1.04. The van der Waals surface area contributed by atoms with E-state index in [1.54, 1.807) is 19.9 Å². The van der Waals surface area contributed by atoms with E-state index in [1.807, 2.05) is 0 Å². The van der Waals surface area contributed by atoms with Gasteiger partial charge in [0, 0.05) is 45.3 Å². The lowest BCUT2D eigenvalue weighted by molar-refractivity contribution is -0.118. The molecule has 2 heterocycles. The quantitative estimate of drug-likeness (QED) is 0.593. The third-order valence-electron chi connectivity index (χ3n) is 3.67. The lowest BCUT2D eigenvalue weighted by Gasteiger charge is -2.27. The highest BCUT2D eigenvalue weighted by Crippen LogP contribution is 2.14. The van der Waals surface area contributed by atoms with Gasteiger partial charge in [-0.1, -0.05) is 5.16 Å². The Kier molecular flexibility index (Phi) is 9.88. The molecule has 0 aliphatic carbocycles. The minimum absolute atomic E-state index is 0. The number of rotatable bonds is 8. The van der Waals surface area contributed by atoms with E-state index in [9.17, 15) is 9.59 Å². The summed E-state index contributed by atoms with van der Waals surface area (Å²) in [6.45, 7) is 9.06. The smallest absolute Gasteiger partial charge is 0.238 e. The minimum atomic E-state index is -0.346. The van der Waals surface area contributed by atoms with Gasteiger partial charge < -0.3 is 20.5 Å². The Morgan fingerprint density at radius 2 is 2.16 bits per heavy atom. The lowest BCUT2D eigenvalue weighted by atomic mass is 10.3. The Hall–Kier alpha value is -1.29. The van der Waals surface area contributed by atoms with Crippen LogP contribution in [0.4, 0.5) is 5.82 Å². The normalized spacial score (nSPS) is 15.9. The van der Waals surface area contributed by atoms with Crippen LogP contribution in [-0.4, -0.2) is 72.1 Å². The standard InChI is InChI=1S/C15H25N5O3S.ClH/c1-11-9-13(19-23-11)18-15(22)12(2)24-10-14(21)17-5-8-20-6-3-16-4-7-20;/h9,12,16H,3-8,10H2,1-2H3,(H,17,21)(H,18,19,22);1H. The van der Waals surface area contributed by atoms with Crippen LogP contribution in [-0.2, 0) is 9.59 Å². The summed E-state index contributed by atoms with van der Waals surface area (Å²) in [4.78, 5) is 26.2. The lowest BCUT2D eigenvalue weighted by Crippen LogP contribution is -2.46.